The van der Waals surface area contributed by atoms with E-state index in [-0.39, 0.29) is 0 Å². The summed E-state index contributed by atoms with van der Waals surface area (Å²) in [4.78, 5) is 23.6. The highest BCUT2D eigenvalue weighted by Crippen LogP contribution is 2.36. The van der Waals surface area contributed by atoms with Crippen LogP contribution in [0.4, 0.5) is 17.3 Å². The number of rotatable bonds is 3. The first-order valence-electron chi connectivity index (χ1n) is 9.75. The van der Waals surface area contributed by atoms with Crippen LogP contribution in [0.1, 0.15) is 24.8 Å². The van der Waals surface area contributed by atoms with Crippen molar-refractivity contribution in [2.45, 2.75) is 26.2 Å². The highest BCUT2D eigenvalue weighted by atomic mass is 16.5. The predicted molar refractivity (Wildman–Crippen MR) is 118 cm³/mol. The summed E-state index contributed by atoms with van der Waals surface area (Å²) in [6.07, 6.45) is 8.42. The average Bonchev–Trinajstić information content (AvgIpc) is 3.65. The van der Waals surface area contributed by atoms with Crippen molar-refractivity contribution in [3.63, 3.8) is 0 Å². The van der Waals surface area contributed by atoms with Gasteiger partial charge in [0.25, 0.3) is 0 Å². The second kappa shape index (κ2) is 9.84. The second-order valence-corrected chi connectivity index (χ2v) is 6.76. The number of nitrogens with zero attached hydrogens (tertiary/aromatic N) is 3. The Labute approximate surface area is 174 Å². The molecule has 2 aliphatic rings. The molecule has 158 valence electrons. The van der Waals surface area contributed by atoms with Gasteiger partial charge in [-0.3, -0.25) is 4.79 Å². The van der Waals surface area contributed by atoms with E-state index >= 15 is 0 Å². The van der Waals surface area contributed by atoms with Crippen molar-refractivity contribution in [2.75, 3.05) is 36.6 Å². The third kappa shape index (κ3) is 4.74. The lowest BCUT2D eigenvalue weighted by Crippen LogP contribution is -2.20. The van der Waals surface area contributed by atoms with E-state index < -0.39 is 0 Å². The number of carbonyl (C=O) groups is 1. The monoisotopic (exact) mass is 410 g/mol. The molecule has 3 aromatic rings. The Hall–Kier alpha value is -3.46. The second-order valence-electron chi connectivity index (χ2n) is 6.76. The molecule has 0 atom stereocenters. The van der Waals surface area contributed by atoms with E-state index in [1.807, 2.05) is 13.0 Å². The molecule has 1 amide bonds. The Morgan fingerprint density at radius 1 is 1.20 bits per heavy atom. The molecule has 0 radical (unpaired) electrons. The topological polar surface area (TPSA) is 135 Å². The number of ether oxygens (including phenoxy) is 1. The number of aliphatic hydroxyl groups is 1. The number of nitrogen functional groups attached to an aromatic ring is 1. The fourth-order valence-corrected chi connectivity index (χ4v) is 2.93. The number of amides is 1. The molecule has 0 spiro atoms. The fraction of sp³-hybridized carbons (Fsp3) is 0.333. The summed E-state index contributed by atoms with van der Waals surface area (Å²) in [6.45, 7) is 3.32. The number of aliphatic hydroxyl groups excluding tert-OH is 1. The first-order valence-corrected chi connectivity index (χ1v) is 9.75. The van der Waals surface area contributed by atoms with E-state index in [0.29, 0.717) is 36.2 Å². The molecule has 9 nitrogen and oxygen atoms in total. The van der Waals surface area contributed by atoms with Crippen molar-refractivity contribution in [2.24, 2.45) is 0 Å². The summed E-state index contributed by atoms with van der Waals surface area (Å²) >= 11 is 0. The summed E-state index contributed by atoms with van der Waals surface area (Å²) in [5.41, 5.74) is 9.55. The van der Waals surface area contributed by atoms with Crippen LogP contribution in [-0.2, 0) is 4.79 Å². The van der Waals surface area contributed by atoms with Crippen molar-refractivity contribution < 1.29 is 14.6 Å². The largest absolute Gasteiger partial charge is 0.474 e. The van der Waals surface area contributed by atoms with Crippen molar-refractivity contribution in [3.8, 4) is 17.1 Å². The van der Waals surface area contributed by atoms with Gasteiger partial charge in [0.1, 0.15) is 23.9 Å². The van der Waals surface area contributed by atoms with E-state index in [0.717, 1.165) is 41.2 Å². The summed E-state index contributed by atoms with van der Waals surface area (Å²) in [7, 11) is 1.00. The van der Waals surface area contributed by atoms with Gasteiger partial charge in [0.05, 0.1) is 5.69 Å². The van der Waals surface area contributed by atoms with E-state index in [4.69, 9.17) is 15.6 Å². The fourth-order valence-electron chi connectivity index (χ4n) is 2.93. The lowest BCUT2D eigenvalue weighted by molar-refractivity contribution is -0.105. The smallest absolute Gasteiger partial charge is 0.237 e. The molecular formula is C21H26N6O3. The number of carbonyl (C=O) groups excluding carboxylic acids is 1. The zero-order chi connectivity index (χ0) is 21.5. The van der Waals surface area contributed by atoms with E-state index in [1.165, 1.54) is 19.3 Å². The van der Waals surface area contributed by atoms with E-state index in [2.05, 4.69) is 25.6 Å². The maximum atomic E-state index is 10.6. The van der Waals surface area contributed by atoms with Crippen LogP contribution in [0.2, 0.25) is 0 Å². The minimum Gasteiger partial charge on any atom is -0.474 e. The highest BCUT2D eigenvalue weighted by molar-refractivity contribution is 5.95. The summed E-state index contributed by atoms with van der Waals surface area (Å²) in [5, 5.41) is 14.4. The summed E-state index contributed by atoms with van der Waals surface area (Å²) in [5.74, 6) is 1.43. The summed E-state index contributed by atoms with van der Waals surface area (Å²) in [6, 6.07) is 3.66. The van der Waals surface area contributed by atoms with Gasteiger partial charge in [0.15, 0.2) is 0 Å². The number of hydrogen-bond acceptors (Lipinski definition) is 8. The third-order valence-electron chi connectivity index (χ3n) is 4.53. The number of pyridine rings is 3. The average molecular weight is 410 g/mol. The SMILES string of the molecule is C1CC1.CO.Cc1c(-c2cc3cc(NC=O)ncc3c(N)n2)cnc2c1NCCO2. The molecule has 0 bridgehead atoms. The van der Waals surface area contributed by atoms with E-state index in [1.54, 1.807) is 18.5 Å². The molecule has 1 fully saturated rings. The van der Waals surface area contributed by atoms with Crippen molar-refractivity contribution in [1.82, 2.24) is 15.0 Å². The van der Waals surface area contributed by atoms with Gasteiger partial charge in [0.2, 0.25) is 12.3 Å². The number of hydrogen-bond donors (Lipinski definition) is 4. The van der Waals surface area contributed by atoms with Crippen LogP contribution in [0, 0.1) is 6.92 Å². The quantitative estimate of drug-likeness (QED) is 0.484. The Bertz CT molecular complexity index is 1040. The first-order chi connectivity index (χ1) is 14.7. The zero-order valence-corrected chi connectivity index (χ0v) is 17.1. The Morgan fingerprint density at radius 3 is 2.67 bits per heavy atom. The molecule has 5 rings (SSSR count). The van der Waals surface area contributed by atoms with Gasteiger partial charge in [-0.2, -0.15) is 0 Å². The van der Waals surface area contributed by atoms with Crippen molar-refractivity contribution in [1.29, 1.82) is 0 Å². The molecule has 1 aliphatic heterocycles. The molecule has 0 saturated heterocycles. The maximum Gasteiger partial charge on any atom is 0.237 e. The Kier molecular flexibility index (Phi) is 6.97. The van der Waals surface area contributed by atoms with Gasteiger partial charge in [-0.15, -0.1) is 0 Å². The molecule has 3 aromatic heterocycles. The number of nitrogens with two attached hydrogens (primary N) is 1. The molecule has 9 heteroatoms. The number of fused-ring (bicyclic) bond motifs is 2. The molecule has 0 aromatic carbocycles. The van der Waals surface area contributed by atoms with Gasteiger partial charge >= 0.3 is 0 Å². The molecule has 1 saturated carbocycles. The minimum absolute atomic E-state index is 0.374. The van der Waals surface area contributed by atoms with Gasteiger partial charge in [-0.25, -0.2) is 15.0 Å². The van der Waals surface area contributed by atoms with Gasteiger partial charge in [-0.1, -0.05) is 19.3 Å². The standard InChI is InChI=1S/C17H16N6O2.C3H6.CH4O/c1-9-11(6-21-17-15(9)19-2-3-25-17)13-4-10-5-14(22-8-24)20-7-12(10)16(18)23-13;1-2-3-1;1-2/h4-8,19H,2-3H2,1H3,(H2,18,23)(H,20,22,24);1-3H2;2H,1H3. The van der Waals surface area contributed by atoms with Gasteiger partial charge in [-0.05, 0) is 30.0 Å². The molecule has 4 heterocycles. The van der Waals surface area contributed by atoms with Crippen LogP contribution in [0.3, 0.4) is 0 Å². The number of anilines is 3. The van der Waals surface area contributed by atoms with Crippen LogP contribution in [-0.4, -0.2) is 46.7 Å². The maximum absolute atomic E-state index is 10.6. The first kappa shape index (κ1) is 21.3. The van der Waals surface area contributed by atoms with Gasteiger partial charge < -0.3 is 26.2 Å². The Morgan fingerprint density at radius 2 is 1.97 bits per heavy atom. The molecule has 5 N–H and O–H groups in total. The lowest BCUT2D eigenvalue weighted by Gasteiger charge is -2.21. The number of aromatic nitrogens is 3. The summed E-state index contributed by atoms with van der Waals surface area (Å²) < 4.78 is 5.56. The predicted octanol–water partition coefficient (Wildman–Crippen LogP) is 2.73. The molecule has 30 heavy (non-hydrogen) atoms. The van der Waals surface area contributed by atoms with Gasteiger partial charge in [0, 0.05) is 37.0 Å². The molecule has 0 unspecified atom stereocenters. The number of nitrogens with one attached hydrogen (secondary N) is 2. The Balaban J connectivity index is 0.000000460. The van der Waals surface area contributed by atoms with Crippen molar-refractivity contribution in [3.05, 3.63) is 30.1 Å². The third-order valence-corrected chi connectivity index (χ3v) is 4.53. The van der Waals surface area contributed by atoms with Crippen LogP contribution in [0.25, 0.3) is 22.0 Å². The van der Waals surface area contributed by atoms with Crippen LogP contribution in [0.15, 0.2) is 24.5 Å². The normalized spacial score (nSPS) is 13.3. The van der Waals surface area contributed by atoms with Crippen LogP contribution < -0.4 is 21.1 Å². The van der Waals surface area contributed by atoms with E-state index in [9.17, 15) is 4.79 Å². The molecular weight excluding hydrogens is 384 g/mol. The van der Waals surface area contributed by atoms with Crippen LogP contribution >= 0.6 is 0 Å². The van der Waals surface area contributed by atoms with Crippen molar-refractivity contribution >= 4 is 34.5 Å². The zero-order valence-electron chi connectivity index (χ0n) is 17.1. The lowest BCUT2D eigenvalue weighted by atomic mass is 10.0. The van der Waals surface area contributed by atoms with Crippen LogP contribution in [0.5, 0.6) is 5.88 Å². The highest BCUT2D eigenvalue weighted by Gasteiger charge is 2.18. The minimum atomic E-state index is 0.374. The molecule has 1 aliphatic carbocycles.